The second-order valence-electron chi connectivity index (χ2n) is 5.08. The van der Waals surface area contributed by atoms with Crippen molar-refractivity contribution in [2.45, 2.75) is 6.92 Å². The highest BCUT2D eigenvalue weighted by Crippen LogP contribution is 2.30. The van der Waals surface area contributed by atoms with Crippen LogP contribution < -0.4 is 5.32 Å². The molecule has 23 heavy (non-hydrogen) atoms. The lowest BCUT2D eigenvalue weighted by Gasteiger charge is -2.14. The van der Waals surface area contributed by atoms with E-state index < -0.39 is 0 Å². The molecule has 0 aliphatic carbocycles. The van der Waals surface area contributed by atoms with Crippen molar-refractivity contribution in [3.63, 3.8) is 0 Å². The van der Waals surface area contributed by atoms with Gasteiger partial charge in [-0.3, -0.25) is 4.98 Å². The number of nitrogens with one attached hydrogen (secondary N) is 2. The number of halogens is 1. The highest BCUT2D eigenvalue weighted by molar-refractivity contribution is 6.33. The molecule has 2 N–H and O–H groups in total. The average molecular weight is 323 g/mol. The van der Waals surface area contributed by atoms with Gasteiger partial charge in [0.2, 0.25) is 0 Å². The minimum Gasteiger partial charge on any atom is -0.347 e. The van der Waals surface area contributed by atoms with E-state index in [-0.39, 0.29) is 0 Å². The fraction of sp³-hybridized carbons (Fsp3) is 0.0556. The fourth-order valence-electron chi connectivity index (χ4n) is 2.37. The number of aryl methyl sites for hydroxylation is 1. The van der Waals surface area contributed by atoms with Gasteiger partial charge in [0.25, 0.3) is 0 Å². The van der Waals surface area contributed by atoms with Crippen LogP contribution in [0, 0.1) is 12.3 Å². The van der Waals surface area contributed by atoms with Crippen LogP contribution in [0.3, 0.4) is 0 Å². The molecule has 1 aliphatic rings. The third-order valence-corrected chi connectivity index (χ3v) is 3.74. The Morgan fingerprint density at radius 2 is 2.09 bits per heavy atom. The molecule has 3 rings (SSSR count). The van der Waals surface area contributed by atoms with E-state index in [1.807, 2.05) is 43.3 Å². The summed E-state index contributed by atoms with van der Waals surface area (Å²) in [5, 5.41) is 10.8. The molecule has 1 aliphatic heterocycles. The fourth-order valence-corrected chi connectivity index (χ4v) is 2.57. The van der Waals surface area contributed by atoms with E-state index in [1.54, 1.807) is 18.5 Å². The van der Waals surface area contributed by atoms with Crippen molar-refractivity contribution in [2.24, 2.45) is 4.99 Å². The molecule has 1 aromatic carbocycles. The average Bonchev–Trinajstić information content (AvgIpc) is 2.58. The van der Waals surface area contributed by atoms with Crippen molar-refractivity contribution < 1.29 is 0 Å². The first kappa shape index (κ1) is 15.2. The molecule has 114 valence electrons. The van der Waals surface area contributed by atoms with E-state index in [0.29, 0.717) is 10.8 Å². The van der Waals surface area contributed by atoms with Crippen LogP contribution >= 0.6 is 11.6 Å². The van der Waals surface area contributed by atoms with E-state index in [2.05, 4.69) is 15.3 Å². The van der Waals surface area contributed by atoms with Gasteiger partial charge < -0.3 is 10.7 Å². The maximum atomic E-state index is 7.17. The topological polar surface area (TPSA) is 61.1 Å². The predicted molar refractivity (Wildman–Crippen MR) is 95.1 cm³/mol. The number of hydrogen-bond donors (Lipinski definition) is 2. The Labute approximate surface area is 139 Å². The molecule has 5 heteroatoms. The molecule has 0 atom stereocenters. The smallest absolute Gasteiger partial charge is 0.132 e. The van der Waals surface area contributed by atoms with Crippen LogP contribution in [-0.4, -0.2) is 16.9 Å². The van der Waals surface area contributed by atoms with Crippen LogP contribution in [0.2, 0.25) is 5.02 Å². The summed E-state index contributed by atoms with van der Waals surface area (Å²) in [6.45, 7) is 2.02. The molecule has 1 aromatic heterocycles. The Hall–Kier alpha value is -2.72. The maximum absolute atomic E-state index is 7.17. The lowest BCUT2D eigenvalue weighted by molar-refractivity contribution is 1.02. The SMILES string of the molecule is Cc1ccc(Cl)c(-c2ncccc2C2=N/C(=C/C=N)NC=C2)c1. The second kappa shape index (κ2) is 6.58. The summed E-state index contributed by atoms with van der Waals surface area (Å²) in [6, 6.07) is 9.72. The van der Waals surface area contributed by atoms with Gasteiger partial charge in [0, 0.05) is 34.8 Å². The number of hydrogen-bond acceptors (Lipinski definition) is 4. The van der Waals surface area contributed by atoms with E-state index in [4.69, 9.17) is 17.0 Å². The lowest BCUT2D eigenvalue weighted by Crippen LogP contribution is -2.14. The van der Waals surface area contributed by atoms with Crippen molar-refractivity contribution in [1.82, 2.24) is 10.3 Å². The Balaban J connectivity index is 2.16. The number of rotatable bonds is 3. The molecule has 4 nitrogen and oxygen atoms in total. The molecule has 0 fully saturated rings. The molecule has 0 saturated heterocycles. The zero-order valence-corrected chi connectivity index (χ0v) is 13.3. The van der Waals surface area contributed by atoms with Crippen LogP contribution in [0.1, 0.15) is 11.1 Å². The second-order valence-corrected chi connectivity index (χ2v) is 5.48. The summed E-state index contributed by atoms with van der Waals surface area (Å²) in [5.41, 5.74) is 4.47. The van der Waals surface area contributed by atoms with Crippen molar-refractivity contribution in [3.05, 3.63) is 76.9 Å². The number of benzene rings is 1. The summed E-state index contributed by atoms with van der Waals surface area (Å²) < 4.78 is 0. The van der Waals surface area contributed by atoms with Crippen molar-refractivity contribution in [1.29, 1.82) is 5.41 Å². The van der Waals surface area contributed by atoms with Gasteiger partial charge in [0.1, 0.15) is 5.82 Å². The number of pyridine rings is 1. The van der Waals surface area contributed by atoms with Gasteiger partial charge >= 0.3 is 0 Å². The van der Waals surface area contributed by atoms with Crippen molar-refractivity contribution in [3.8, 4) is 11.3 Å². The van der Waals surface area contributed by atoms with Gasteiger partial charge in [-0.15, -0.1) is 0 Å². The highest BCUT2D eigenvalue weighted by atomic mass is 35.5. The van der Waals surface area contributed by atoms with Gasteiger partial charge in [-0.25, -0.2) is 4.99 Å². The first-order valence-corrected chi connectivity index (χ1v) is 7.51. The Bertz CT molecular complexity index is 850. The molecule has 0 amide bonds. The van der Waals surface area contributed by atoms with Crippen LogP contribution in [-0.2, 0) is 0 Å². The van der Waals surface area contributed by atoms with E-state index in [9.17, 15) is 0 Å². The minimum atomic E-state index is 0.614. The standard InChI is InChI=1S/C18H15ClN4/c1-12-4-5-15(19)14(11-12)18-13(3-2-9-22-18)16-7-10-21-17(23-16)6-8-20/h2-11,20-21H,1H3/b17-6+,20-8?. The number of aromatic nitrogens is 1. The summed E-state index contributed by atoms with van der Waals surface area (Å²) in [5.74, 6) is 0.614. The van der Waals surface area contributed by atoms with E-state index >= 15 is 0 Å². The Morgan fingerprint density at radius 3 is 2.91 bits per heavy atom. The molecule has 0 saturated carbocycles. The van der Waals surface area contributed by atoms with Gasteiger partial charge in [0.05, 0.1) is 11.4 Å². The first-order chi connectivity index (χ1) is 11.2. The van der Waals surface area contributed by atoms with Gasteiger partial charge in [-0.05, 0) is 43.3 Å². The summed E-state index contributed by atoms with van der Waals surface area (Å²) >= 11 is 6.37. The lowest BCUT2D eigenvalue weighted by atomic mass is 10.00. The summed E-state index contributed by atoms with van der Waals surface area (Å²) in [6.07, 6.45) is 8.22. The van der Waals surface area contributed by atoms with Crippen molar-refractivity contribution >= 4 is 23.5 Å². The third kappa shape index (κ3) is 3.22. The minimum absolute atomic E-state index is 0.614. The third-order valence-electron chi connectivity index (χ3n) is 3.42. The van der Waals surface area contributed by atoms with Crippen LogP contribution in [0.25, 0.3) is 11.3 Å². The number of nitrogens with zero attached hydrogens (tertiary/aromatic N) is 2. The zero-order chi connectivity index (χ0) is 16.2. The molecule has 2 aromatic rings. The first-order valence-electron chi connectivity index (χ1n) is 7.13. The maximum Gasteiger partial charge on any atom is 0.132 e. The molecule has 0 bridgehead atoms. The molecule has 2 heterocycles. The largest absolute Gasteiger partial charge is 0.347 e. The molecular weight excluding hydrogens is 308 g/mol. The quantitative estimate of drug-likeness (QED) is 0.835. The van der Waals surface area contributed by atoms with Gasteiger partial charge in [-0.1, -0.05) is 23.2 Å². The molecule has 0 unspecified atom stereocenters. The van der Waals surface area contributed by atoms with Crippen LogP contribution in [0.15, 0.2) is 65.7 Å². The van der Waals surface area contributed by atoms with E-state index in [0.717, 1.165) is 28.1 Å². The van der Waals surface area contributed by atoms with Crippen LogP contribution in [0.5, 0.6) is 0 Å². The van der Waals surface area contributed by atoms with Gasteiger partial charge in [0.15, 0.2) is 0 Å². The number of allylic oxidation sites excluding steroid dienone is 2. The normalized spacial score (nSPS) is 15.2. The zero-order valence-electron chi connectivity index (χ0n) is 12.5. The Morgan fingerprint density at radius 1 is 1.22 bits per heavy atom. The highest BCUT2D eigenvalue weighted by Gasteiger charge is 2.15. The summed E-state index contributed by atoms with van der Waals surface area (Å²) in [4.78, 5) is 9.04. The predicted octanol–water partition coefficient (Wildman–Crippen LogP) is 4.11. The summed E-state index contributed by atoms with van der Waals surface area (Å²) in [7, 11) is 0. The number of aliphatic imine (C=N–C) groups is 1. The monoisotopic (exact) mass is 322 g/mol. The molecule has 0 spiro atoms. The van der Waals surface area contributed by atoms with E-state index in [1.165, 1.54) is 6.21 Å². The molecule has 0 radical (unpaired) electrons. The Kier molecular flexibility index (Phi) is 4.35. The van der Waals surface area contributed by atoms with Crippen molar-refractivity contribution in [2.75, 3.05) is 0 Å². The van der Waals surface area contributed by atoms with Crippen LogP contribution in [0.4, 0.5) is 0 Å². The molecular formula is C18H15ClN4. The van der Waals surface area contributed by atoms with Gasteiger partial charge in [-0.2, -0.15) is 0 Å².